The molecule has 3 N–H and O–H groups in total. The van der Waals surface area contributed by atoms with Gasteiger partial charge in [0.05, 0.1) is 13.2 Å². The fourth-order valence-corrected chi connectivity index (χ4v) is 3.56. The first kappa shape index (κ1) is 24.6. The standard InChI is InChI=1S/C22H42O5/c1-2-3-4-5-6-7-8-9-10-11-12-13-14-15-16-26-20-18-27-22(21(20)25)19(24)17-23/h2-3,19-25H,4-18H2,1H3/b3-2+/t19-,20+,21+,22+/m0/s1. The van der Waals surface area contributed by atoms with Crippen molar-refractivity contribution in [3.63, 3.8) is 0 Å². The van der Waals surface area contributed by atoms with Crippen molar-refractivity contribution >= 4 is 0 Å². The SMILES string of the molecule is C/C=C/CCCCCCCCCCCCCO[C@@H]1CO[C@H]([C@@H](O)CO)[C@@H]1O. The Kier molecular flexibility index (Phi) is 15.0. The zero-order valence-electron chi connectivity index (χ0n) is 17.2. The molecule has 160 valence electrons. The first-order chi connectivity index (χ1) is 13.2. The van der Waals surface area contributed by atoms with Crippen molar-refractivity contribution in [2.45, 2.75) is 108 Å². The molecule has 1 aliphatic rings. The van der Waals surface area contributed by atoms with E-state index in [1.807, 2.05) is 0 Å². The van der Waals surface area contributed by atoms with E-state index in [2.05, 4.69) is 19.1 Å². The third-order valence-corrected chi connectivity index (χ3v) is 5.32. The molecule has 0 amide bonds. The largest absolute Gasteiger partial charge is 0.394 e. The second kappa shape index (κ2) is 16.5. The number of hydrogen-bond donors (Lipinski definition) is 3. The maximum Gasteiger partial charge on any atom is 0.114 e. The molecule has 1 fully saturated rings. The molecule has 4 atom stereocenters. The highest BCUT2D eigenvalue weighted by Gasteiger charge is 2.40. The number of hydrogen-bond acceptors (Lipinski definition) is 5. The second-order valence-corrected chi connectivity index (χ2v) is 7.69. The Bertz CT molecular complexity index is 361. The summed E-state index contributed by atoms with van der Waals surface area (Å²) in [4.78, 5) is 0. The van der Waals surface area contributed by atoms with Gasteiger partial charge in [-0.25, -0.2) is 0 Å². The summed E-state index contributed by atoms with van der Waals surface area (Å²) in [5, 5.41) is 28.5. The molecule has 1 aliphatic heterocycles. The van der Waals surface area contributed by atoms with E-state index in [0.717, 1.165) is 12.8 Å². The summed E-state index contributed by atoms with van der Waals surface area (Å²) < 4.78 is 11.0. The maximum atomic E-state index is 10.0. The van der Waals surface area contributed by atoms with E-state index < -0.39 is 31.0 Å². The van der Waals surface area contributed by atoms with Gasteiger partial charge in [-0.15, -0.1) is 0 Å². The Hall–Kier alpha value is -0.460. The van der Waals surface area contributed by atoms with Crippen LogP contribution in [0.3, 0.4) is 0 Å². The number of unbranched alkanes of at least 4 members (excludes halogenated alkanes) is 11. The summed E-state index contributed by atoms with van der Waals surface area (Å²) in [5.41, 5.74) is 0. The molecular formula is C22H42O5. The first-order valence-electron chi connectivity index (χ1n) is 11.0. The Morgan fingerprint density at radius 2 is 1.52 bits per heavy atom. The molecule has 1 heterocycles. The molecule has 0 aromatic carbocycles. The molecule has 0 aromatic heterocycles. The van der Waals surface area contributed by atoms with Crippen LogP contribution in [0.15, 0.2) is 12.2 Å². The zero-order valence-corrected chi connectivity index (χ0v) is 17.2. The van der Waals surface area contributed by atoms with Crippen molar-refractivity contribution in [3.8, 4) is 0 Å². The van der Waals surface area contributed by atoms with Gasteiger partial charge in [0.15, 0.2) is 0 Å². The van der Waals surface area contributed by atoms with Crippen LogP contribution in [0.4, 0.5) is 0 Å². The normalized spacial score (nSPS) is 24.1. The van der Waals surface area contributed by atoms with Crippen LogP contribution in [-0.4, -0.2) is 59.6 Å². The van der Waals surface area contributed by atoms with Gasteiger partial charge in [0.25, 0.3) is 0 Å². The van der Waals surface area contributed by atoms with E-state index in [4.69, 9.17) is 14.6 Å². The quantitative estimate of drug-likeness (QED) is 0.262. The maximum absolute atomic E-state index is 10.0. The summed E-state index contributed by atoms with van der Waals surface area (Å²) in [6.45, 7) is 2.56. The predicted octanol–water partition coefficient (Wildman–Crippen LogP) is 3.74. The Morgan fingerprint density at radius 3 is 2.07 bits per heavy atom. The third kappa shape index (κ3) is 11.2. The molecule has 1 saturated heterocycles. The fourth-order valence-electron chi connectivity index (χ4n) is 3.56. The summed E-state index contributed by atoms with van der Waals surface area (Å²) >= 11 is 0. The van der Waals surface area contributed by atoms with Crippen molar-refractivity contribution in [2.75, 3.05) is 19.8 Å². The molecule has 0 bridgehead atoms. The van der Waals surface area contributed by atoms with E-state index in [1.54, 1.807) is 0 Å². The Balaban J connectivity index is 1.83. The highest BCUT2D eigenvalue weighted by molar-refractivity contribution is 4.88. The van der Waals surface area contributed by atoms with Gasteiger partial charge < -0.3 is 24.8 Å². The minimum absolute atomic E-state index is 0.276. The molecule has 5 heteroatoms. The van der Waals surface area contributed by atoms with Crippen molar-refractivity contribution in [3.05, 3.63) is 12.2 Å². The third-order valence-electron chi connectivity index (χ3n) is 5.32. The van der Waals surface area contributed by atoms with Gasteiger partial charge in [0.1, 0.15) is 24.4 Å². The van der Waals surface area contributed by atoms with Crippen molar-refractivity contribution in [1.82, 2.24) is 0 Å². The van der Waals surface area contributed by atoms with Crippen molar-refractivity contribution in [1.29, 1.82) is 0 Å². The number of aliphatic hydroxyl groups excluding tert-OH is 3. The smallest absolute Gasteiger partial charge is 0.114 e. The summed E-state index contributed by atoms with van der Waals surface area (Å²) in [7, 11) is 0. The van der Waals surface area contributed by atoms with Crippen LogP contribution in [-0.2, 0) is 9.47 Å². The first-order valence-corrected chi connectivity index (χ1v) is 11.0. The Morgan fingerprint density at radius 1 is 0.963 bits per heavy atom. The molecule has 0 aliphatic carbocycles. The minimum atomic E-state index is -1.05. The fraction of sp³-hybridized carbons (Fsp3) is 0.909. The van der Waals surface area contributed by atoms with Crippen LogP contribution >= 0.6 is 0 Å². The lowest BCUT2D eigenvalue weighted by molar-refractivity contribution is -0.0730. The van der Waals surface area contributed by atoms with Crippen LogP contribution in [0.5, 0.6) is 0 Å². The van der Waals surface area contributed by atoms with Gasteiger partial charge in [0.2, 0.25) is 0 Å². The Labute approximate surface area is 165 Å². The summed E-state index contributed by atoms with van der Waals surface area (Å²) in [6.07, 6.45) is 16.7. The number of rotatable bonds is 17. The van der Waals surface area contributed by atoms with Crippen LogP contribution < -0.4 is 0 Å². The minimum Gasteiger partial charge on any atom is -0.394 e. The lowest BCUT2D eigenvalue weighted by atomic mass is 10.1. The van der Waals surface area contributed by atoms with E-state index >= 15 is 0 Å². The highest BCUT2D eigenvalue weighted by atomic mass is 16.6. The van der Waals surface area contributed by atoms with E-state index in [9.17, 15) is 10.2 Å². The number of allylic oxidation sites excluding steroid dienone is 2. The van der Waals surface area contributed by atoms with Gasteiger partial charge in [-0.05, 0) is 26.2 Å². The van der Waals surface area contributed by atoms with Gasteiger partial charge in [0, 0.05) is 6.61 Å². The van der Waals surface area contributed by atoms with Gasteiger partial charge in [-0.1, -0.05) is 69.9 Å². The van der Waals surface area contributed by atoms with E-state index in [0.29, 0.717) is 6.61 Å². The topological polar surface area (TPSA) is 79.2 Å². The van der Waals surface area contributed by atoms with Crippen molar-refractivity contribution in [2.24, 2.45) is 0 Å². The van der Waals surface area contributed by atoms with Crippen LogP contribution in [0.25, 0.3) is 0 Å². The monoisotopic (exact) mass is 386 g/mol. The van der Waals surface area contributed by atoms with Crippen LogP contribution in [0.2, 0.25) is 0 Å². The number of ether oxygens (including phenoxy) is 2. The molecule has 0 spiro atoms. The number of aliphatic hydroxyl groups is 3. The average molecular weight is 387 g/mol. The molecule has 0 saturated carbocycles. The molecule has 0 unspecified atom stereocenters. The predicted molar refractivity (Wildman–Crippen MR) is 109 cm³/mol. The zero-order chi connectivity index (χ0) is 19.7. The van der Waals surface area contributed by atoms with Crippen LogP contribution in [0, 0.1) is 0 Å². The van der Waals surface area contributed by atoms with Crippen LogP contribution in [0.1, 0.15) is 84.0 Å². The average Bonchev–Trinajstić information content (AvgIpc) is 3.04. The summed E-state index contributed by atoms with van der Waals surface area (Å²) in [5.74, 6) is 0. The van der Waals surface area contributed by atoms with Gasteiger partial charge in [-0.3, -0.25) is 0 Å². The van der Waals surface area contributed by atoms with Gasteiger partial charge >= 0.3 is 0 Å². The molecular weight excluding hydrogens is 344 g/mol. The lowest BCUT2D eigenvalue weighted by Gasteiger charge is -2.20. The van der Waals surface area contributed by atoms with Gasteiger partial charge in [-0.2, -0.15) is 0 Å². The molecule has 1 rings (SSSR count). The van der Waals surface area contributed by atoms with Crippen molar-refractivity contribution < 1.29 is 24.8 Å². The molecule has 27 heavy (non-hydrogen) atoms. The molecule has 5 nitrogen and oxygen atoms in total. The highest BCUT2D eigenvalue weighted by Crippen LogP contribution is 2.20. The summed E-state index contributed by atoms with van der Waals surface area (Å²) in [6, 6.07) is 0. The van der Waals surface area contributed by atoms with E-state index in [-0.39, 0.29) is 6.61 Å². The second-order valence-electron chi connectivity index (χ2n) is 7.69. The van der Waals surface area contributed by atoms with E-state index in [1.165, 1.54) is 64.2 Å². The molecule has 0 aromatic rings. The lowest BCUT2D eigenvalue weighted by Crippen LogP contribution is -2.41. The molecule has 0 radical (unpaired) electrons.